The summed E-state index contributed by atoms with van der Waals surface area (Å²) in [6.45, 7) is 1.88. The number of halogens is 2. The maximum absolute atomic E-state index is 10.6. The molecule has 0 radical (unpaired) electrons. The van der Waals surface area contributed by atoms with Gasteiger partial charge in [0.25, 0.3) is 0 Å². The molecule has 4 rings (SSSR count). The van der Waals surface area contributed by atoms with E-state index in [-0.39, 0.29) is 0 Å². The lowest BCUT2D eigenvalue weighted by Gasteiger charge is -2.12. The molecule has 0 saturated heterocycles. The number of imidazole rings is 1. The standard InChI is InChI=1S/C18H13Cl2N3O/c1-10-9-23-15-7-6-11(19)8-13(15)16(22-18(24)17(23)21-10)12-4-2-3-5-14(12)20/h2-9,18,24H,1H3. The molecule has 0 bridgehead atoms. The molecule has 0 aliphatic carbocycles. The van der Waals surface area contributed by atoms with Crippen LogP contribution < -0.4 is 0 Å². The first-order valence-electron chi connectivity index (χ1n) is 7.41. The normalized spacial score (nSPS) is 16.2. The van der Waals surface area contributed by atoms with Crippen LogP contribution >= 0.6 is 23.2 Å². The second kappa shape index (κ2) is 5.74. The van der Waals surface area contributed by atoms with Gasteiger partial charge in [-0.2, -0.15) is 0 Å². The minimum atomic E-state index is -1.09. The first-order chi connectivity index (χ1) is 11.5. The SMILES string of the molecule is Cc1cn2c(n1)C(O)N=C(c1ccccc1Cl)c1cc(Cl)ccc1-2. The van der Waals surface area contributed by atoms with E-state index in [4.69, 9.17) is 23.2 Å². The summed E-state index contributed by atoms with van der Waals surface area (Å²) in [5, 5.41) is 11.7. The quantitative estimate of drug-likeness (QED) is 0.704. The summed E-state index contributed by atoms with van der Waals surface area (Å²) >= 11 is 12.6. The Labute approximate surface area is 149 Å². The Morgan fingerprint density at radius 3 is 2.67 bits per heavy atom. The highest BCUT2D eigenvalue weighted by Crippen LogP contribution is 2.32. The van der Waals surface area contributed by atoms with Gasteiger partial charge in [-0.1, -0.05) is 41.4 Å². The van der Waals surface area contributed by atoms with Crippen LogP contribution in [0.1, 0.15) is 28.9 Å². The van der Waals surface area contributed by atoms with Crippen molar-refractivity contribution in [1.29, 1.82) is 0 Å². The van der Waals surface area contributed by atoms with Gasteiger partial charge in [0, 0.05) is 27.4 Å². The fourth-order valence-corrected chi connectivity index (χ4v) is 3.31. The second-order valence-electron chi connectivity index (χ2n) is 5.60. The summed E-state index contributed by atoms with van der Waals surface area (Å²) in [5.74, 6) is 0.470. The minimum absolute atomic E-state index is 0.470. The Hall–Kier alpha value is -2.14. The van der Waals surface area contributed by atoms with Crippen molar-refractivity contribution in [3.63, 3.8) is 0 Å². The van der Waals surface area contributed by atoms with E-state index in [2.05, 4.69) is 9.98 Å². The molecule has 0 spiro atoms. The number of hydrogen-bond donors (Lipinski definition) is 1. The van der Waals surface area contributed by atoms with E-state index >= 15 is 0 Å². The van der Waals surface area contributed by atoms with E-state index < -0.39 is 6.23 Å². The molecule has 24 heavy (non-hydrogen) atoms. The summed E-state index contributed by atoms with van der Waals surface area (Å²) in [7, 11) is 0. The van der Waals surface area contributed by atoms with Gasteiger partial charge >= 0.3 is 0 Å². The molecule has 1 atom stereocenters. The van der Waals surface area contributed by atoms with Crippen molar-refractivity contribution < 1.29 is 5.11 Å². The van der Waals surface area contributed by atoms with Gasteiger partial charge in [-0.3, -0.25) is 4.57 Å². The number of rotatable bonds is 1. The Morgan fingerprint density at radius 1 is 1.08 bits per heavy atom. The second-order valence-corrected chi connectivity index (χ2v) is 6.45. The minimum Gasteiger partial charge on any atom is -0.365 e. The third kappa shape index (κ3) is 2.44. The fourth-order valence-electron chi connectivity index (χ4n) is 2.92. The van der Waals surface area contributed by atoms with Crippen molar-refractivity contribution in [3.8, 4) is 5.69 Å². The van der Waals surface area contributed by atoms with Gasteiger partial charge < -0.3 is 5.11 Å². The molecule has 4 nitrogen and oxygen atoms in total. The van der Waals surface area contributed by atoms with E-state index in [0.29, 0.717) is 21.6 Å². The molecule has 1 aromatic heterocycles. The molecule has 2 aromatic carbocycles. The van der Waals surface area contributed by atoms with Gasteiger partial charge in [-0.05, 0) is 31.2 Å². The van der Waals surface area contributed by atoms with Gasteiger partial charge in [0.2, 0.25) is 6.23 Å². The Balaban J connectivity index is 2.05. The van der Waals surface area contributed by atoms with Crippen LogP contribution in [0.15, 0.2) is 53.7 Å². The predicted molar refractivity (Wildman–Crippen MR) is 95.4 cm³/mol. The first-order valence-corrected chi connectivity index (χ1v) is 8.17. The number of benzene rings is 2. The highest BCUT2D eigenvalue weighted by atomic mass is 35.5. The van der Waals surface area contributed by atoms with Crippen molar-refractivity contribution in [2.45, 2.75) is 13.2 Å². The molecule has 6 heteroatoms. The van der Waals surface area contributed by atoms with E-state index in [1.54, 1.807) is 12.1 Å². The molecular weight excluding hydrogens is 345 g/mol. The molecule has 1 aliphatic heterocycles. The van der Waals surface area contributed by atoms with Crippen LogP contribution in [-0.2, 0) is 0 Å². The first kappa shape index (κ1) is 15.4. The van der Waals surface area contributed by atoms with Crippen LogP contribution in [0.2, 0.25) is 10.0 Å². The average molecular weight is 358 g/mol. The Bertz CT molecular complexity index is 978. The van der Waals surface area contributed by atoms with Crippen LogP contribution in [0.25, 0.3) is 5.69 Å². The molecule has 2 heterocycles. The molecule has 0 amide bonds. The Kier molecular flexibility index (Phi) is 3.68. The zero-order chi connectivity index (χ0) is 16.8. The van der Waals surface area contributed by atoms with Crippen LogP contribution in [0.4, 0.5) is 0 Å². The van der Waals surface area contributed by atoms with Gasteiger partial charge in [-0.25, -0.2) is 9.98 Å². The number of fused-ring (bicyclic) bond motifs is 3. The van der Waals surface area contributed by atoms with Gasteiger partial charge in [0.1, 0.15) is 0 Å². The number of aliphatic hydroxyl groups excluding tert-OH is 1. The van der Waals surface area contributed by atoms with E-state index in [9.17, 15) is 5.11 Å². The molecular formula is C18H13Cl2N3O. The van der Waals surface area contributed by atoms with Crippen molar-refractivity contribution in [3.05, 3.63) is 81.4 Å². The van der Waals surface area contributed by atoms with Crippen LogP contribution in [0.3, 0.4) is 0 Å². The Morgan fingerprint density at radius 2 is 1.88 bits per heavy atom. The van der Waals surface area contributed by atoms with Gasteiger partial charge in [0.15, 0.2) is 5.82 Å². The number of aliphatic hydroxyl groups is 1. The van der Waals surface area contributed by atoms with Crippen molar-refractivity contribution in [2.75, 3.05) is 0 Å². The van der Waals surface area contributed by atoms with E-state index in [1.807, 2.05) is 48.0 Å². The zero-order valence-corrected chi connectivity index (χ0v) is 14.3. The van der Waals surface area contributed by atoms with Crippen molar-refractivity contribution in [2.24, 2.45) is 4.99 Å². The third-order valence-corrected chi connectivity index (χ3v) is 4.50. The fraction of sp³-hybridized carbons (Fsp3) is 0.111. The summed E-state index contributed by atoms with van der Waals surface area (Å²) in [6.07, 6.45) is 0.784. The average Bonchev–Trinajstić information content (AvgIpc) is 2.90. The predicted octanol–water partition coefficient (Wildman–Crippen LogP) is 4.33. The zero-order valence-electron chi connectivity index (χ0n) is 12.7. The molecule has 1 N–H and O–H groups in total. The summed E-state index contributed by atoms with van der Waals surface area (Å²) in [5.41, 5.74) is 3.79. The largest absolute Gasteiger partial charge is 0.365 e. The topological polar surface area (TPSA) is 50.4 Å². The lowest BCUT2D eigenvalue weighted by molar-refractivity contribution is 0.177. The number of hydrogen-bond acceptors (Lipinski definition) is 3. The summed E-state index contributed by atoms with van der Waals surface area (Å²) < 4.78 is 1.85. The highest BCUT2D eigenvalue weighted by molar-refractivity contribution is 6.36. The van der Waals surface area contributed by atoms with E-state index in [1.165, 1.54) is 0 Å². The third-order valence-electron chi connectivity index (χ3n) is 3.94. The monoisotopic (exact) mass is 357 g/mol. The summed E-state index contributed by atoms with van der Waals surface area (Å²) in [4.78, 5) is 8.89. The van der Waals surface area contributed by atoms with Crippen molar-refractivity contribution >= 4 is 28.9 Å². The van der Waals surface area contributed by atoms with Crippen LogP contribution in [-0.4, -0.2) is 20.4 Å². The molecule has 120 valence electrons. The molecule has 0 saturated carbocycles. The molecule has 1 aliphatic rings. The smallest absolute Gasteiger partial charge is 0.205 e. The van der Waals surface area contributed by atoms with E-state index in [0.717, 1.165) is 22.5 Å². The lowest BCUT2D eigenvalue weighted by atomic mass is 10.0. The summed E-state index contributed by atoms with van der Waals surface area (Å²) in [6, 6.07) is 12.9. The number of aliphatic imine (C=N–C) groups is 1. The molecule has 0 fully saturated rings. The maximum Gasteiger partial charge on any atom is 0.205 e. The van der Waals surface area contributed by atoms with Crippen LogP contribution in [0, 0.1) is 6.92 Å². The van der Waals surface area contributed by atoms with Crippen molar-refractivity contribution in [1.82, 2.24) is 9.55 Å². The van der Waals surface area contributed by atoms with Gasteiger partial charge in [0.05, 0.1) is 17.1 Å². The van der Waals surface area contributed by atoms with Gasteiger partial charge in [-0.15, -0.1) is 0 Å². The maximum atomic E-state index is 10.6. The molecule has 1 unspecified atom stereocenters. The lowest BCUT2D eigenvalue weighted by Crippen LogP contribution is -2.07. The van der Waals surface area contributed by atoms with Crippen LogP contribution in [0.5, 0.6) is 0 Å². The number of aromatic nitrogens is 2. The molecule has 3 aromatic rings. The number of nitrogens with zero attached hydrogens (tertiary/aromatic N) is 3. The highest BCUT2D eigenvalue weighted by Gasteiger charge is 2.26. The number of aryl methyl sites for hydroxylation is 1.